The summed E-state index contributed by atoms with van der Waals surface area (Å²) in [6, 6.07) is 12.4. The quantitative estimate of drug-likeness (QED) is 0.400. The van der Waals surface area contributed by atoms with Crippen LogP contribution in [0.2, 0.25) is 0 Å². The first kappa shape index (κ1) is 22.5. The molecular formula is C23H30N2O4. The second kappa shape index (κ2) is 11.3. The highest BCUT2D eigenvalue weighted by molar-refractivity contribution is 5.78. The molecule has 0 radical (unpaired) electrons. The summed E-state index contributed by atoms with van der Waals surface area (Å²) in [4.78, 5) is 26.7. The van der Waals surface area contributed by atoms with Gasteiger partial charge in [-0.05, 0) is 32.3 Å². The number of aliphatic hydroxyl groups is 1. The number of aliphatic carboxylic acids is 1. The number of unbranched alkanes of at least 4 members (excludes halogenated alkanes) is 1. The van der Waals surface area contributed by atoms with Crippen LogP contribution in [0.15, 0.2) is 42.5 Å². The maximum absolute atomic E-state index is 12.8. The second-order valence-corrected chi connectivity index (χ2v) is 7.47. The molecule has 1 saturated heterocycles. The minimum absolute atomic E-state index is 0.0652. The van der Waals surface area contributed by atoms with E-state index in [-0.39, 0.29) is 24.5 Å². The smallest absolute Gasteiger partial charge is 0.332 e. The van der Waals surface area contributed by atoms with Crippen LogP contribution < -0.4 is 0 Å². The second-order valence-electron chi connectivity index (χ2n) is 7.47. The number of aliphatic hydroxyl groups excluding tert-OH is 1. The monoisotopic (exact) mass is 398 g/mol. The van der Waals surface area contributed by atoms with Gasteiger partial charge in [-0.1, -0.05) is 48.4 Å². The molecule has 1 unspecified atom stereocenters. The van der Waals surface area contributed by atoms with E-state index in [0.29, 0.717) is 25.8 Å². The Morgan fingerprint density at radius 2 is 2.03 bits per heavy atom. The van der Waals surface area contributed by atoms with Gasteiger partial charge in [0.2, 0.25) is 0 Å². The zero-order valence-electron chi connectivity index (χ0n) is 17.1. The summed E-state index contributed by atoms with van der Waals surface area (Å²) < 4.78 is 0. The van der Waals surface area contributed by atoms with E-state index in [1.165, 1.54) is 4.90 Å². The van der Waals surface area contributed by atoms with Crippen LogP contribution >= 0.6 is 0 Å². The van der Waals surface area contributed by atoms with Crippen molar-refractivity contribution in [2.24, 2.45) is 0 Å². The number of rotatable bonds is 8. The molecule has 29 heavy (non-hydrogen) atoms. The Morgan fingerprint density at radius 1 is 1.31 bits per heavy atom. The molecule has 1 aliphatic rings. The van der Waals surface area contributed by atoms with Gasteiger partial charge in [0.25, 0.3) is 0 Å². The summed E-state index contributed by atoms with van der Waals surface area (Å²) in [5, 5.41) is 19.0. The van der Waals surface area contributed by atoms with E-state index in [1.807, 2.05) is 50.3 Å². The highest BCUT2D eigenvalue weighted by atomic mass is 16.4. The number of amides is 2. The lowest BCUT2D eigenvalue weighted by atomic mass is 10.0. The Balaban J connectivity index is 2.05. The number of carbonyl (C=O) groups is 2. The van der Waals surface area contributed by atoms with E-state index in [2.05, 4.69) is 12.0 Å². The van der Waals surface area contributed by atoms with Crippen molar-refractivity contribution in [1.29, 1.82) is 0 Å². The van der Waals surface area contributed by atoms with Crippen molar-refractivity contribution in [3.63, 3.8) is 0 Å². The molecule has 1 aromatic rings. The minimum Gasteiger partial charge on any atom is -0.481 e. The van der Waals surface area contributed by atoms with Gasteiger partial charge in [-0.15, -0.1) is 0 Å². The SMILES string of the molecule is CC(C)N1CC[C@H](/C=C/C(O)Cc2ccccc2)N(C#CCCCC(=O)O)C1=O. The van der Waals surface area contributed by atoms with Crippen LogP contribution in [-0.4, -0.2) is 56.7 Å². The van der Waals surface area contributed by atoms with Gasteiger partial charge in [-0.25, -0.2) is 9.69 Å². The fraction of sp³-hybridized carbons (Fsp3) is 0.478. The Hall–Kier alpha value is -2.78. The molecule has 0 aromatic heterocycles. The molecule has 0 aliphatic carbocycles. The summed E-state index contributed by atoms with van der Waals surface area (Å²) in [7, 11) is 0. The number of urea groups is 1. The van der Waals surface area contributed by atoms with Crippen molar-refractivity contribution in [1.82, 2.24) is 9.80 Å². The van der Waals surface area contributed by atoms with Crippen molar-refractivity contribution >= 4 is 12.0 Å². The molecule has 6 nitrogen and oxygen atoms in total. The number of hydrogen-bond donors (Lipinski definition) is 2. The Bertz CT molecular complexity index is 764. The van der Waals surface area contributed by atoms with Gasteiger partial charge >= 0.3 is 12.0 Å². The van der Waals surface area contributed by atoms with Gasteiger partial charge in [0.05, 0.1) is 12.1 Å². The molecule has 2 atom stereocenters. The van der Waals surface area contributed by atoms with Crippen molar-refractivity contribution in [3.05, 3.63) is 48.0 Å². The zero-order valence-corrected chi connectivity index (χ0v) is 17.1. The van der Waals surface area contributed by atoms with Gasteiger partial charge in [0, 0.05) is 37.9 Å². The standard InChI is InChI=1S/C23H30N2O4/c1-18(2)24-16-14-20(12-13-21(26)17-19-9-5-3-6-10-19)25(23(24)29)15-8-4-7-11-22(27)28/h3,5-6,9-10,12-13,18,20-21,26H,4,7,11,14,16-17H2,1-2H3,(H,27,28)/b13-12+/t20-,21?/m0/s1. The first-order valence-electron chi connectivity index (χ1n) is 10.1. The molecule has 0 spiro atoms. The highest BCUT2D eigenvalue weighted by Crippen LogP contribution is 2.19. The molecule has 2 rings (SSSR count). The average molecular weight is 399 g/mol. The molecule has 1 heterocycles. The Kier molecular flexibility index (Phi) is 8.75. The van der Waals surface area contributed by atoms with Crippen molar-refractivity contribution in [2.75, 3.05) is 6.54 Å². The van der Waals surface area contributed by atoms with Crippen LogP contribution in [0.4, 0.5) is 4.79 Å². The van der Waals surface area contributed by atoms with E-state index in [0.717, 1.165) is 12.0 Å². The first-order valence-corrected chi connectivity index (χ1v) is 10.1. The molecule has 2 amide bonds. The van der Waals surface area contributed by atoms with Gasteiger partial charge in [0.15, 0.2) is 0 Å². The molecule has 0 bridgehead atoms. The topological polar surface area (TPSA) is 81.1 Å². The lowest BCUT2D eigenvalue weighted by molar-refractivity contribution is -0.137. The molecule has 6 heteroatoms. The minimum atomic E-state index is -0.847. The van der Waals surface area contributed by atoms with Gasteiger partial charge in [-0.3, -0.25) is 4.79 Å². The van der Waals surface area contributed by atoms with Crippen LogP contribution in [0.1, 0.15) is 45.1 Å². The van der Waals surface area contributed by atoms with Gasteiger partial charge in [0.1, 0.15) is 0 Å². The number of carboxylic acid groups (broad SMARTS) is 1. The van der Waals surface area contributed by atoms with Crippen molar-refractivity contribution in [3.8, 4) is 12.0 Å². The van der Waals surface area contributed by atoms with E-state index < -0.39 is 12.1 Å². The lowest BCUT2D eigenvalue weighted by Gasteiger charge is -2.39. The van der Waals surface area contributed by atoms with Crippen molar-refractivity contribution in [2.45, 2.75) is 64.1 Å². The average Bonchev–Trinajstić information content (AvgIpc) is 2.67. The van der Waals surface area contributed by atoms with E-state index >= 15 is 0 Å². The fourth-order valence-electron chi connectivity index (χ4n) is 3.22. The number of hydrogen-bond acceptors (Lipinski definition) is 3. The normalized spacial score (nSPS) is 18.1. The van der Waals surface area contributed by atoms with E-state index in [1.54, 1.807) is 11.0 Å². The molecule has 156 valence electrons. The number of benzene rings is 1. The maximum atomic E-state index is 12.8. The maximum Gasteiger partial charge on any atom is 0.332 e. The summed E-state index contributed by atoms with van der Waals surface area (Å²) in [6.45, 7) is 4.57. The number of carboxylic acids is 1. The summed E-state index contributed by atoms with van der Waals surface area (Å²) in [6.07, 6.45) is 5.12. The van der Waals surface area contributed by atoms with Crippen LogP contribution in [0.5, 0.6) is 0 Å². The van der Waals surface area contributed by atoms with E-state index in [9.17, 15) is 14.7 Å². The summed E-state index contributed by atoms with van der Waals surface area (Å²) >= 11 is 0. The molecule has 0 saturated carbocycles. The third-order valence-electron chi connectivity index (χ3n) is 4.81. The molecule has 1 aliphatic heterocycles. The zero-order chi connectivity index (χ0) is 21.2. The van der Waals surface area contributed by atoms with Gasteiger partial charge < -0.3 is 15.1 Å². The third kappa shape index (κ3) is 7.28. The molecule has 2 N–H and O–H groups in total. The van der Waals surface area contributed by atoms with Crippen LogP contribution in [0, 0.1) is 12.0 Å². The predicted molar refractivity (Wildman–Crippen MR) is 112 cm³/mol. The lowest BCUT2D eigenvalue weighted by Crippen LogP contribution is -2.53. The fourth-order valence-corrected chi connectivity index (χ4v) is 3.22. The molecule has 1 aromatic carbocycles. The van der Waals surface area contributed by atoms with Gasteiger partial charge in [-0.2, -0.15) is 0 Å². The largest absolute Gasteiger partial charge is 0.481 e. The summed E-state index contributed by atoms with van der Waals surface area (Å²) in [5.74, 6) is 2.08. The molecule has 1 fully saturated rings. The first-order chi connectivity index (χ1) is 13.9. The highest BCUT2D eigenvalue weighted by Gasteiger charge is 2.32. The van der Waals surface area contributed by atoms with Crippen LogP contribution in [-0.2, 0) is 11.2 Å². The molecular weight excluding hydrogens is 368 g/mol. The van der Waals surface area contributed by atoms with E-state index in [4.69, 9.17) is 5.11 Å². The van der Waals surface area contributed by atoms with Crippen LogP contribution in [0.25, 0.3) is 0 Å². The number of nitrogens with zero attached hydrogens (tertiary/aromatic N) is 2. The van der Waals surface area contributed by atoms with Crippen LogP contribution in [0.3, 0.4) is 0 Å². The van der Waals surface area contributed by atoms with Crippen molar-refractivity contribution < 1.29 is 19.8 Å². The predicted octanol–water partition coefficient (Wildman–Crippen LogP) is 3.27. The Labute approximate surface area is 172 Å². The summed E-state index contributed by atoms with van der Waals surface area (Å²) in [5.41, 5.74) is 1.05. The Morgan fingerprint density at radius 3 is 2.69 bits per heavy atom. The number of carbonyl (C=O) groups excluding carboxylic acids is 1. The third-order valence-corrected chi connectivity index (χ3v) is 4.81.